The lowest BCUT2D eigenvalue weighted by molar-refractivity contribution is -0.129. The molecule has 2 aromatic carbocycles. The maximum atomic E-state index is 12.0. The van der Waals surface area contributed by atoms with Gasteiger partial charge in [-0.25, -0.2) is 0 Å². The SMILES string of the molecule is O=C(COc1ccccc1Cl)NNC(=O)Cc1c[nH]c2ccccc12. The first-order chi connectivity index (χ1) is 12.1. The molecule has 0 aliphatic rings. The zero-order valence-electron chi connectivity index (χ0n) is 13.2. The van der Waals surface area contributed by atoms with E-state index in [4.69, 9.17) is 16.3 Å². The van der Waals surface area contributed by atoms with E-state index in [1.165, 1.54) is 0 Å². The van der Waals surface area contributed by atoms with Crippen LogP contribution in [0.3, 0.4) is 0 Å². The first-order valence-electron chi connectivity index (χ1n) is 7.63. The van der Waals surface area contributed by atoms with E-state index in [1.54, 1.807) is 30.5 Å². The molecule has 0 saturated carbocycles. The number of aromatic amines is 1. The van der Waals surface area contributed by atoms with Crippen molar-refractivity contribution < 1.29 is 14.3 Å². The van der Waals surface area contributed by atoms with Crippen LogP contribution in [0.25, 0.3) is 10.9 Å². The van der Waals surface area contributed by atoms with Crippen molar-refractivity contribution in [1.82, 2.24) is 15.8 Å². The molecule has 1 aromatic heterocycles. The van der Waals surface area contributed by atoms with Crippen LogP contribution in [0.4, 0.5) is 0 Å². The van der Waals surface area contributed by atoms with Crippen LogP contribution in [0.1, 0.15) is 5.56 Å². The van der Waals surface area contributed by atoms with E-state index in [1.807, 2.05) is 24.3 Å². The first kappa shape index (κ1) is 16.9. The quantitative estimate of drug-likeness (QED) is 0.614. The number of halogens is 1. The molecule has 0 aliphatic carbocycles. The predicted molar refractivity (Wildman–Crippen MR) is 95.2 cm³/mol. The van der Waals surface area contributed by atoms with Gasteiger partial charge in [0.15, 0.2) is 6.61 Å². The van der Waals surface area contributed by atoms with Gasteiger partial charge in [-0.1, -0.05) is 41.9 Å². The Kier molecular flexibility index (Phi) is 5.20. The van der Waals surface area contributed by atoms with Crippen molar-refractivity contribution in [1.29, 1.82) is 0 Å². The smallest absolute Gasteiger partial charge is 0.276 e. The van der Waals surface area contributed by atoms with E-state index in [0.29, 0.717) is 10.8 Å². The fourth-order valence-corrected chi connectivity index (χ4v) is 2.57. The molecular weight excluding hydrogens is 342 g/mol. The molecule has 0 fully saturated rings. The van der Waals surface area contributed by atoms with E-state index >= 15 is 0 Å². The molecule has 6 nitrogen and oxygen atoms in total. The van der Waals surface area contributed by atoms with Gasteiger partial charge in [-0.05, 0) is 23.8 Å². The number of carbonyl (C=O) groups is 2. The van der Waals surface area contributed by atoms with Crippen LogP contribution >= 0.6 is 11.6 Å². The third-order valence-corrected chi connectivity index (χ3v) is 3.87. The number of carbonyl (C=O) groups excluding carboxylic acids is 2. The Morgan fingerprint density at radius 2 is 1.72 bits per heavy atom. The normalized spacial score (nSPS) is 10.4. The van der Waals surface area contributed by atoms with E-state index in [9.17, 15) is 9.59 Å². The average Bonchev–Trinajstić information content (AvgIpc) is 3.02. The van der Waals surface area contributed by atoms with Gasteiger partial charge in [-0.3, -0.25) is 20.4 Å². The van der Waals surface area contributed by atoms with Gasteiger partial charge in [0.2, 0.25) is 5.91 Å². The summed E-state index contributed by atoms with van der Waals surface area (Å²) in [5, 5.41) is 1.39. The number of ether oxygens (including phenoxy) is 1. The summed E-state index contributed by atoms with van der Waals surface area (Å²) in [6.45, 7) is -0.253. The summed E-state index contributed by atoms with van der Waals surface area (Å²) in [5.74, 6) is -0.396. The molecule has 3 rings (SSSR count). The second-order valence-corrected chi connectivity index (χ2v) is 5.76. The van der Waals surface area contributed by atoms with Gasteiger partial charge in [0, 0.05) is 17.1 Å². The molecule has 0 bridgehead atoms. The second kappa shape index (κ2) is 7.72. The van der Waals surface area contributed by atoms with Crippen LogP contribution in [0.15, 0.2) is 54.7 Å². The lowest BCUT2D eigenvalue weighted by Gasteiger charge is -2.09. The standard InChI is InChI=1S/C18H16ClN3O3/c19-14-6-2-4-8-16(14)25-11-18(24)22-21-17(23)9-12-10-20-15-7-3-1-5-13(12)15/h1-8,10,20H,9,11H2,(H,21,23)(H,22,24). The van der Waals surface area contributed by atoms with Gasteiger partial charge >= 0.3 is 0 Å². The monoisotopic (exact) mass is 357 g/mol. The highest BCUT2D eigenvalue weighted by Crippen LogP contribution is 2.22. The summed E-state index contributed by atoms with van der Waals surface area (Å²) in [6, 6.07) is 14.5. The molecule has 0 atom stereocenters. The van der Waals surface area contributed by atoms with Crippen LogP contribution < -0.4 is 15.6 Å². The van der Waals surface area contributed by atoms with Gasteiger partial charge in [0.05, 0.1) is 11.4 Å². The Bertz CT molecular complexity index is 907. The van der Waals surface area contributed by atoms with E-state index in [-0.39, 0.29) is 18.9 Å². The Labute approximate surface area is 149 Å². The molecule has 2 amide bonds. The van der Waals surface area contributed by atoms with E-state index < -0.39 is 5.91 Å². The number of hydrogen-bond donors (Lipinski definition) is 3. The number of benzene rings is 2. The van der Waals surface area contributed by atoms with Crippen molar-refractivity contribution in [3.05, 3.63) is 65.3 Å². The number of H-pyrrole nitrogens is 1. The maximum absolute atomic E-state index is 12.0. The number of amides is 2. The second-order valence-electron chi connectivity index (χ2n) is 5.35. The zero-order chi connectivity index (χ0) is 17.6. The third-order valence-electron chi connectivity index (χ3n) is 3.56. The minimum absolute atomic E-state index is 0.148. The molecule has 0 unspecified atom stereocenters. The number of para-hydroxylation sites is 2. The molecule has 128 valence electrons. The van der Waals surface area contributed by atoms with Gasteiger partial charge < -0.3 is 9.72 Å². The van der Waals surface area contributed by atoms with Gasteiger partial charge in [0.25, 0.3) is 5.91 Å². The Morgan fingerprint density at radius 1 is 1.00 bits per heavy atom. The van der Waals surface area contributed by atoms with Crippen LogP contribution in [-0.4, -0.2) is 23.4 Å². The summed E-state index contributed by atoms with van der Waals surface area (Å²) in [6.07, 6.45) is 1.93. The molecule has 0 spiro atoms. The van der Waals surface area contributed by atoms with Gasteiger partial charge in [-0.15, -0.1) is 0 Å². The topological polar surface area (TPSA) is 83.2 Å². The van der Waals surface area contributed by atoms with Crippen LogP contribution in [0.5, 0.6) is 5.75 Å². The predicted octanol–water partition coefficient (Wildman–Crippen LogP) is 2.59. The van der Waals surface area contributed by atoms with E-state index in [0.717, 1.165) is 16.5 Å². The molecule has 7 heteroatoms. The lowest BCUT2D eigenvalue weighted by Crippen LogP contribution is -2.44. The lowest BCUT2D eigenvalue weighted by atomic mass is 10.1. The number of rotatable bonds is 5. The molecule has 0 aliphatic heterocycles. The first-order valence-corrected chi connectivity index (χ1v) is 8.01. The minimum atomic E-state index is -0.479. The van der Waals surface area contributed by atoms with Crippen molar-refractivity contribution in [2.24, 2.45) is 0 Å². The Hall–Kier alpha value is -2.99. The summed E-state index contributed by atoms with van der Waals surface area (Å²) >= 11 is 5.93. The fourth-order valence-electron chi connectivity index (χ4n) is 2.38. The van der Waals surface area contributed by atoms with Gasteiger partial charge in [0.1, 0.15) is 5.75 Å². The van der Waals surface area contributed by atoms with Crippen molar-refractivity contribution in [3.8, 4) is 5.75 Å². The summed E-state index contributed by atoms with van der Waals surface area (Å²) in [7, 11) is 0. The Balaban J connectivity index is 1.47. The largest absolute Gasteiger partial charge is 0.482 e. The summed E-state index contributed by atoms with van der Waals surface area (Å²) in [5.41, 5.74) is 6.50. The molecule has 3 aromatic rings. The summed E-state index contributed by atoms with van der Waals surface area (Å²) in [4.78, 5) is 26.8. The number of nitrogens with one attached hydrogen (secondary N) is 3. The van der Waals surface area contributed by atoms with Crippen molar-refractivity contribution in [2.75, 3.05) is 6.61 Å². The fraction of sp³-hybridized carbons (Fsp3) is 0.111. The van der Waals surface area contributed by atoms with Gasteiger partial charge in [-0.2, -0.15) is 0 Å². The average molecular weight is 358 g/mol. The molecule has 1 heterocycles. The number of hydrazine groups is 1. The van der Waals surface area contributed by atoms with Crippen molar-refractivity contribution >= 4 is 34.3 Å². The highest BCUT2D eigenvalue weighted by atomic mass is 35.5. The molecule has 0 saturated heterocycles. The molecule has 3 N–H and O–H groups in total. The highest BCUT2D eigenvalue weighted by Gasteiger charge is 2.10. The molecular formula is C18H16ClN3O3. The van der Waals surface area contributed by atoms with E-state index in [2.05, 4.69) is 15.8 Å². The molecule has 25 heavy (non-hydrogen) atoms. The molecule has 0 radical (unpaired) electrons. The number of fused-ring (bicyclic) bond motifs is 1. The maximum Gasteiger partial charge on any atom is 0.276 e. The number of aromatic nitrogens is 1. The minimum Gasteiger partial charge on any atom is -0.482 e. The van der Waals surface area contributed by atoms with Crippen molar-refractivity contribution in [2.45, 2.75) is 6.42 Å². The Morgan fingerprint density at radius 3 is 2.56 bits per heavy atom. The van der Waals surface area contributed by atoms with Crippen molar-refractivity contribution in [3.63, 3.8) is 0 Å². The third kappa shape index (κ3) is 4.30. The zero-order valence-corrected chi connectivity index (χ0v) is 14.0. The van der Waals surface area contributed by atoms with Crippen LogP contribution in [-0.2, 0) is 16.0 Å². The van der Waals surface area contributed by atoms with Crippen LogP contribution in [0, 0.1) is 0 Å². The van der Waals surface area contributed by atoms with Crippen LogP contribution in [0.2, 0.25) is 5.02 Å². The highest BCUT2D eigenvalue weighted by molar-refractivity contribution is 6.32. The number of hydrogen-bond acceptors (Lipinski definition) is 3. The summed E-state index contributed by atoms with van der Waals surface area (Å²) < 4.78 is 5.29.